The lowest BCUT2D eigenvalue weighted by molar-refractivity contribution is 0.0789. The molecule has 4 heteroatoms. The second kappa shape index (κ2) is 6.91. The van der Waals surface area contributed by atoms with Crippen LogP contribution in [0.1, 0.15) is 33.8 Å². The van der Waals surface area contributed by atoms with E-state index in [-0.39, 0.29) is 5.91 Å². The fourth-order valence-corrected chi connectivity index (χ4v) is 3.67. The molecule has 1 unspecified atom stereocenters. The first kappa shape index (κ1) is 16.3. The number of hydrogen-bond donors (Lipinski definition) is 0. The number of carbonyl (C=O) groups excluding carboxylic acids is 1. The molecule has 0 aromatic heterocycles. The normalized spacial score (nSPS) is 17.3. The third-order valence-electron chi connectivity index (χ3n) is 4.48. The number of amides is 1. The molecule has 120 valence electrons. The first-order chi connectivity index (χ1) is 11.1. The number of benzene rings is 2. The van der Waals surface area contributed by atoms with Crippen molar-refractivity contribution in [1.82, 2.24) is 4.90 Å². The molecule has 1 aliphatic rings. The average molecular weight is 421 g/mol. The van der Waals surface area contributed by atoms with Crippen LogP contribution in [0.2, 0.25) is 0 Å². The summed E-state index contributed by atoms with van der Waals surface area (Å²) in [6.45, 7) is 3.65. The Morgan fingerprint density at radius 2 is 1.96 bits per heavy atom. The second-order valence-corrected chi connectivity index (χ2v) is 7.03. The van der Waals surface area contributed by atoms with Crippen LogP contribution in [0, 0.1) is 10.5 Å². The maximum atomic E-state index is 12.8. The number of methoxy groups -OCH3 is 1. The van der Waals surface area contributed by atoms with Crippen molar-refractivity contribution in [1.29, 1.82) is 0 Å². The van der Waals surface area contributed by atoms with Crippen molar-refractivity contribution in [2.75, 3.05) is 20.2 Å². The first-order valence-electron chi connectivity index (χ1n) is 7.78. The number of rotatable bonds is 3. The van der Waals surface area contributed by atoms with Gasteiger partial charge in [-0.1, -0.05) is 24.3 Å². The summed E-state index contributed by atoms with van der Waals surface area (Å²) >= 11 is 2.27. The summed E-state index contributed by atoms with van der Waals surface area (Å²) in [5, 5.41) is 0. The number of ether oxygens (including phenoxy) is 1. The molecular formula is C19H20INO2. The summed E-state index contributed by atoms with van der Waals surface area (Å²) < 4.78 is 6.27. The molecule has 1 fully saturated rings. The van der Waals surface area contributed by atoms with E-state index in [1.807, 2.05) is 42.2 Å². The highest BCUT2D eigenvalue weighted by Crippen LogP contribution is 2.30. The van der Waals surface area contributed by atoms with Gasteiger partial charge in [-0.2, -0.15) is 0 Å². The molecule has 3 rings (SSSR count). The van der Waals surface area contributed by atoms with E-state index >= 15 is 0 Å². The molecule has 23 heavy (non-hydrogen) atoms. The van der Waals surface area contributed by atoms with E-state index in [0.717, 1.165) is 40.0 Å². The van der Waals surface area contributed by atoms with Gasteiger partial charge in [0.2, 0.25) is 0 Å². The molecule has 2 aromatic rings. The van der Waals surface area contributed by atoms with Gasteiger partial charge in [0.05, 0.1) is 12.7 Å². The van der Waals surface area contributed by atoms with E-state index in [2.05, 4.69) is 34.7 Å². The second-order valence-electron chi connectivity index (χ2n) is 5.95. The summed E-state index contributed by atoms with van der Waals surface area (Å²) in [7, 11) is 1.68. The SMILES string of the molecule is COc1ccc(C2CCN(C(=O)c3cccc(C)c3I)C2)cc1. The number of hydrogen-bond acceptors (Lipinski definition) is 2. The summed E-state index contributed by atoms with van der Waals surface area (Å²) in [6.07, 6.45) is 1.01. The van der Waals surface area contributed by atoms with Crippen LogP contribution < -0.4 is 4.74 Å². The Kier molecular flexibility index (Phi) is 4.90. The standard InChI is InChI=1S/C19H20INO2/c1-13-4-3-5-17(18(13)20)19(22)21-11-10-15(12-21)14-6-8-16(23-2)9-7-14/h3-9,15H,10-12H2,1-2H3. The van der Waals surface area contributed by atoms with Crippen LogP contribution in [-0.4, -0.2) is 31.0 Å². The lowest BCUT2D eigenvalue weighted by Gasteiger charge is -2.18. The van der Waals surface area contributed by atoms with Gasteiger partial charge in [-0.15, -0.1) is 0 Å². The van der Waals surface area contributed by atoms with E-state index < -0.39 is 0 Å². The van der Waals surface area contributed by atoms with Crippen molar-refractivity contribution in [2.45, 2.75) is 19.3 Å². The minimum atomic E-state index is 0.147. The maximum absolute atomic E-state index is 12.8. The number of likely N-dealkylation sites (tertiary alicyclic amines) is 1. The molecule has 0 N–H and O–H groups in total. The first-order valence-corrected chi connectivity index (χ1v) is 8.86. The Bertz CT molecular complexity index is 712. The van der Waals surface area contributed by atoms with Crippen LogP contribution in [0.15, 0.2) is 42.5 Å². The molecule has 2 aromatic carbocycles. The predicted octanol–water partition coefficient (Wildman–Crippen LogP) is 4.24. The largest absolute Gasteiger partial charge is 0.497 e. The van der Waals surface area contributed by atoms with Crippen molar-refractivity contribution >= 4 is 28.5 Å². The quantitative estimate of drug-likeness (QED) is 0.695. The molecule has 1 heterocycles. The van der Waals surface area contributed by atoms with Crippen LogP contribution in [0.25, 0.3) is 0 Å². The fourth-order valence-electron chi connectivity index (χ4n) is 3.08. The van der Waals surface area contributed by atoms with Crippen molar-refractivity contribution in [3.05, 3.63) is 62.7 Å². The van der Waals surface area contributed by atoms with Crippen LogP contribution in [0.5, 0.6) is 5.75 Å². The smallest absolute Gasteiger partial charge is 0.254 e. The number of carbonyl (C=O) groups is 1. The summed E-state index contributed by atoms with van der Waals surface area (Å²) in [5.74, 6) is 1.43. The van der Waals surface area contributed by atoms with Crippen molar-refractivity contribution < 1.29 is 9.53 Å². The number of aryl methyl sites for hydroxylation is 1. The van der Waals surface area contributed by atoms with Gasteiger partial charge in [-0.3, -0.25) is 4.79 Å². The zero-order valence-electron chi connectivity index (χ0n) is 13.4. The van der Waals surface area contributed by atoms with E-state index in [1.165, 1.54) is 5.56 Å². The molecule has 0 saturated carbocycles. The monoisotopic (exact) mass is 421 g/mol. The van der Waals surface area contributed by atoms with Gasteiger partial charge in [-0.05, 0) is 65.3 Å². The van der Waals surface area contributed by atoms with Crippen LogP contribution >= 0.6 is 22.6 Å². The van der Waals surface area contributed by atoms with Gasteiger partial charge in [0, 0.05) is 22.6 Å². The fraction of sp³-hybridized carbons (Fsp3) is 0.316. The Morgan fingerprint density at radius 1 is 1.22 bits per heavy atom. The number of halogens is 1. The molecule has 0 spiro atoms. The Labute approximate surface area is 150 Å². The molecule has 3 nitrogen and oxygen atoms in total. The van der Waals surface area contributed by atoms with E-state index in [9.17, 15) is 4.79 Å². The van der Waals surface area contributed by atoms with E-state index in [0.29, 0.717) is 5.92 Å². The summed E-state index contributed by atoms with van der Waals surface area (Å²) in [5.41, 5.74) is 3.25. The highest BCUT2D eigenvalue weighted by molar-refractivity contribution is 14.1. The van der Waals surface area contributed by atoms with Crippen LogP contribution in [0.4, 0.5) is 0 Å². The van der Waals surface area contributed by atoms with Crippen molar-refractivity contribution in [3.63, 3.8) is 0 Å². The predicted molar refractivity (Wildman–Crippen MR) is 100 cm³/mol. The molecular weight excluding hydrogens is 401 g/mol. The molecule has 0 aliphatic carbocycles. The molecule has 1 saturated heterocycles. The lowest BCUT2D eigenvalue weighted by atomic mass is 9.98. The minimum absolute atomic E-state index is 0.147. The van der Waals surface area contributed by atoms with Crippen LogP contribution in [0.3, 0.4) is 0 Å². The van der Waals surface area contributed by atoms with Gasteiger partial charge in [-0.25, -0.2) is 0 Å². The minimum Gasteiger partial charge on any atom is -0.497 e. The topological polar surface area (TPSA) is 29.5 Å². The Balaban J connectivity index is 1.74. The highest BCUT2D eigenvalue weighted by atomic mass is 127. The summed E-state index contributed by atoms with van der Waals surface area (Å²) in [4.78, 5) is 14.8. The zero-order chi connectivity index (χ0) is 16.4. The van der Waals surface area contributed by atoms with Crippen molar-refractivity contribution in [3.8, 4) is 5.75 Å². The number of nitrogens with zero attached hydrogens (tertiary/aromatic N) is 1. The van der Waals surface area contributed by atoms with Crippen molar-refractivity contribution in [2.24, 2.45) is 0 Å². The molecule has 0 bridgehead atoms. The molecule has 1 amide bonds. The lowest BCUT2D eigenvalue weighted by Crippen LogP contribution is -2.29. The van der Waals surface area contributed by atoms with Gasteiger partial charge in [0.1, 0.15) is 5.75 Å². The molecule has 1 atom stereocenters. The van der Waals surface area contributed by atoms with E-state index in [4.69, 9.17) is 4.74 Å². The van der Waals surface area contributed by atoms with Gasteiger partial charge in [0.25, 0.3) is 5.91 Å². The van der Waals surface area contributed by atoms with E-state index in [1.54, 1.807) is 7.11 Å². The summed E-state index contributed by atoms with van der Waals surface area (Å²) in [6, 6.07) is 14.1. The zero-order valence-corrected chi connectivity index (χ0v) is 15.5. The third kappa shape index (κ3) is 3.37. The van der Waals surface area contributed by atoms with Crippen LogP contribution in [-0.2, 0) is 0 Å². The maximum Gasteiger partial charge on any atom is 0.254 e. The Hall–Kier alpha value is -1.56. The van der Waals surface area contributed by atoms with Gasteiger partial charge >= 0.3 is 0 Å². The van der Waals surface area contributed by atoms with Gasteiger partial charge in [0.15, 0.2) is 0 Å². The highest BCUT2D eigenvalue weighted by Gasteiger charge is 2.28. The Morgan fingerprint density at radius 3 is 2.65 bits per heavy atom. The molecule has 1 aliphatic heterocycles. The molecule has 0 radical (unpaired) electrons. The van der Waals surface area contributed by atoms with Gasteiger partial charge < -0.3 is 9.64 Å². The third-order valence-corrected chi connectivity index (χ3v) is 5.92. The average Bonchev–Trinajstić information content (AvgIpc) is 3.07.